The van der Waals surface area contributed by atoms with E-state index in [4.69, 9.17) is 5.73 Å². The fourth-order valence-corrected chi connectivity index (χ4v) is 2.63. The molecule has 1 saturated heterocycles. The lowest BCUT2D eigenvalue weighted by Gasteiger charge is -2.17. The van der Waals surface area contributed by atoms with Crippen molar-refractivity contribution in [1.82, 2.24) is 4.90 Å². The molecule has 1 aliphatic rings. The third-order valence-electron chi connectivity index (χ3n) is 3.29. The van der Waals surface area contributed by atoms with E-state index in [-0.39, 0.29) is 12.4 Å². The van der Waals surface area contributed by atoms with Crippen LogP contribution in [0.1, 0.15) is 25.3 Å². The van der Waals surface area contributed by atoms with Gasteiger partial charge in [-0.05, 0) is 11.5 Å². The molecule has 17 heavy (non-hydrogen) atoms. The summed E-state index contributed by atoms with van der Waals surface area (Å²) in [6.45, 7) is 7.85. The van der Waals surface area contributed by atoms with Crippen LogP contribution in [0.4, 0.5) is 0 Å². The summed E-state index contributed by atoms with van der Waals surface area (Å²) >= 11 is 0. The Morgan fingerprint density at radius 2 is 1.88 bits per heavy atom. The van der Waals surface area contributed by atoms with Gasteiger partial charge >= 0.3 is 0 Å². The number of hydrogen-bond donors (Lipinski definition) is 1. The monoisotopic (exact) mass is 254 g/mol. The highest BCUT2D eigenvalue weighted by Gasteiger charge is 2.30. The van der Waals surface area contributed by atoms with Gasteiger partial charge in [-0.25, -0.2) is 0 Å². The highest BCUT2D eigenvalue weighted by Crippen LogP contribution is 2.26. The molecule has 3 heteroatoms. The molecule has 1 fully saturated rings. The van der Waals surface area contributed by atoms with Gasteiger partial charge in [0.2, 0.25) is 0 Å². The summed E-state index contributed by atoms with van der Waals surface area (Å²) in [6, 6.07) is 11.0. The minimum Gasteiger partial charge on any atom is -0.326 e. The van der Waals surface area contributed by atoms with Crippen LogP contribution in [0.25, 0.3) is 0 Å². The van der Waals surface area contributed by atoms with Gasteiger partial charge in [0.1, 0.15) is 0 Å². The first-order valence-electron chi connectivity index (χ1n) is 6.19. The highest BCUT2D eigenvalue weighted by atomic mass is 35.5. The predicted octanol–water partition coefficient (Wildman–Crippen LogP) is 2.49. The van der Waals surface area contributed by atoms with E-state index in [0.29, 0.717) is 12.0 Å². The summed E-state index contributed by atoms with van der Waals surface area (Å²) in [4.78, 5) is 2.49. The molecule has 0 aromatic heterocycles. The molecule has 2 nitrogen and oxygen atoms in total. The lowest BCUT2D eigenvalue weighted by Crippen LogP contribution is -2.30. The summed E-state index contributed by atoms with van der Waals surface area (Å²) in [6.07, 6.45) is 0. The quantitative estimate of drug-likeness (QED) is 0.898. The Morgan fingerprint density at radius 1 is 1.24 bits per heavy atom. The summed E-state index contributed by atoms with van der Waals surface area (Å²) in [7, 11) is 0. The third kappa shape index (κ3) is 3.70. The van der Waals surface area contributed by atoms with Gasteiger partial charge in [0.05, 0.1) is 0 Å². The van der Waals surface area contributed by atoms with E-state index in [9.17, 15) is 0 Å². The zero-order valence-electron chi connectivity index (χ0n) is 10.7. The maximum Gasteiger partial charge on any atom is 0.0249 e. The average Bonchev–Trinajstić information content (AvgIpc) is 2.60. The van der Waals surface area contributed by atoms with E-state index in [1.165, 1.54) is 5.56 Å². The normalized spacial score (nSPS) is 24.9. The van der Waals surface area contributed by atoms with Crippen LogP contribution >= 0.6 is 12.4 Å². The van der Waals surface area contributed by atoms with Crippen molar-refractivity contribution in [3.05, 3.63) is 35.9 Å². The number of nitrogens with two attached hydrogens (primary N) is 1. The van der Waals surface area contributed by atoms with Crippen LogP contribution in [-0.4, -0.2) is 30.6 Å². The Kier molecular flexibility index (Phi) is 5.44. The molecule has 0 radical (unpaired) electrons. The van der Waals surface area contributed by atoms with Crippen LogP contribution < -0.4 is 5.73 Å². The van der Waals surface area contributed by atoms with Gasteiger partial charge in [-0.3, -0.25) is 0 Å². The van der Waals surface area contributed by atoms with Crippen LogP contribution in [0, 0.1) is 5.92 Å². The van der Waals surface area contributed by atoms with Gasteiger partial charge in [0, 0.05) is 31.6 Å². The first kappa shape index (κ1) is 14.5. The van der Waals surface area contributed by atoms with Gasteiger partial charge in [0.15, 0.2) is 0 Å². The Bertz CT molecular complexity index is 326. The number of hydrogen-bond acceptors (Lipinski definition) is 2. The van der Waals surface area contributed by atoms with Crippen molar-refractivity contribution in [1.29, 1.82) is 0 Å². The first-order valence-corrected chi connectivity index (χ1v) is 6.19. The molecule has 0 bridgehead atoms. The molecule has 1 aromatic carbocycles. The second-order valence-electron chi connectivity index (χ2n) is 5.29. The summed E-state index contributed by atoms with van der Waals surface area (Å²) < 4.78 is 0. The summed E-state index contributed by atoms with van der Waals surface area (Å²) in [5.74, 6) is 1.24. The molecule has 0 amide bonds. The Hall–Kier alpha value is -0.570. The standard InChI is InChI=1S/C14H22N2.ClH/c1-11(2)8-16-9-13(14(15)10-16)12-6-4-3-5-7-12;/h3-7,11,13-14H,8-10,15H2,1-2H3;1H/t13-,14+;/m0./s1. The van der Waals surface area contributed by atoms with Crippen molar-refractivity contribution in [3.63, 3.8) is 0 Å². The maximum absolute atomic E-state index is 6.24. The average molecular weight is 255 g/mol. The molecule has 0 aliphatic carbocycles. The topological polar surface area (TPSA) is 29.3 Å². The largest absolute Gasteiger partial charge is 0.326 e. The zero-order chi connectivity index (χ0) is 11.5. The number of halogens is 1. The van der Waals surface area contributed by atoms with Crippen LogP contribution in [0.3, 0.4) is 0 Å². The molecule has 0 unspecified atom stereocenters. The maximum atomic E-state index is 6.24. The van der Waals surface area contributed by atoms with Gasteiger partial charge in [-0.15, -0.1) is 12.4 Å². The van der Waals surface area contributed by atoms with Crippen molar-refractivity contribution >= 4 is 12.4 Å². The summed E-state index contributed by atoms with van der Waals surface area (Å²) in [5.41, 5.74) is 7.63. The van der Waals surface area contributed by atoms with Gasteiger partial charge in [-0.1, -0.05) is 44.2 Å². The van der Waals surface area contributed by atoms with E-state index >= 15 is 0 Å². The molecule has 2 atom stereocenters. The lowest BCUT2D eigenvalue weighted by molar-refractivity contribution is 0.292. The first-order chi connectivity index (χ1) is 7.66. The second-order valence-corrected chi connectivity index (χ2v) is 5.29. The molecule has 1 aliphatic heterocycles. The van der Waals surface area contributed by atoms with Crippen LogP contribution in [-0.2, 0) is 0 Å². The van der Waals surface area contributed by atoms with E-state index < -0.39 is 0 Å². The number of rotatable bonds is 3. The van der Waals surface area contributed by atoms with Crippen molar-refractivity contribution in [2.24, 2.45) is 11.7 Å². The van der Waals surface area contributed by atoms with Crippen molar-refractivity contribution in [2.45, 2.75) is 25.8 Å². The number of nitrogens with zero attached hydrogens (tertiary/aromatic N) is 1. The Balaban J connectivity index is 0.00000144. The zero-order valence-corrected chi connectivity index (χ0v) is 11.5. The minimum absolute atomic E-state index is 0. The molecule has 0 saturated carbocycles. The molecule has 1 heterocycles. The molecule has 96 valence electrons. The Labute approximate surface area is 111 Å². The molecule has 2 rings (SSSR count). The SMILES string of the molecule is CC(C)CN1C[C@@H](N)[C@H](c2ccccc2)C1.Cl. The van der Waals surface area contributed by atoms with Crippen molar-refractivity contribution < 1.29 is 0 Å². The second kappa shape index (κ2) is 6.39. The van der Waals surface area contributed by atoms with Crippen molar-refractivity contribution in [2.75, 3.05) is 19.6 Å². The Morgan fingerprint density at radius 3 is 2.47 bits per heavy atom. The fourth-order valence-electron chi connectivity index (χ4n) is 2.63. The minimum atomic E-state index is 0. The third-order valence-corrected chi connectivity index (χ3v) is 3.29. The van der Waals surface area contributed by atoms with Crippen molar-refractivity contribution in [3.8, 4) is 0 Å². The summed E-state index contributed by atoms with van der Waals surface area (Å²) in [5, 5.41) is 0. The van der Waals surface area contributed by atoms with Gasteiger partial charge < -0.3 is 10.6 Å². The highest BCUT2D eigenvalue weighted by molar-refractivity contribution is 5.85. The molecular weight excluding hydrogens is 232 g/mol. The number of benzene rings is 1. The molecular formula is C14H23ClN2. The predicted molar refractivity (Wildman–Crippen MR) is 75.7 cm³/mol. The fraction of sp³-hybridized carbons (Fsp3) is 0.571. The van der Waals surface area contributed by atoms with E-state index in [1.807, 2.05) is 0 Å². The van der Waals surface area contributed by atoms with Crippen LogP contribution in [0.2, 0.25) is 0 Å². The van der Waals surface area contributed by atoms with Gasteiger partial charge in [0.25, 0.3) is 0 Å². The van der Waals surface area contributed by atoms with Crippen LogP contribution in [0.15, 0.2) is 30.3 Å². The smallest absolute Gasteiger partial charge is 0.0249 e. The molecule has 1 aromatic rings. The molecule has 2 N–H and O–H groups in total. The van der Waals surface area contributed by atoms with E-state index in [1.54, 1.807) is 0 Å². The van der Waals surface area contributed by atoms with E-state index in [0.717, 1.165) is 25.6 Å². The van der Waals surface area contributed by atoms with Gasteiger partial charge in [-0.2, -0.15) is 0 Å². The number of likely N-dealkylation sites (tertiary alicyclic amines) is 1. The lowest BCUT2D eigenvalue weighted by atomic mass is 9.95. The van der Waals surface area contributed by atoms with Crippen LogP contribution in [0.5, 0.6) is 0 Å². The van der Waals surface area contributed by atoms with E-state index in [2.05, 4.69) is 49.1 Å². The molecule has 0 spiro atoms.